The zero-order valence-electron chi connectivity index (χ0n) is 15.0. The molecule has 1 aromatic rings. The third kappa shape index (κ3) is 5.19. The standard InChI is InChI=1S/C18H26F3N3O/c1-4-23-9-11-24(12-10-23)17(2,3)13-22-16(25)14-5-7-15(8-6-14)18(19,20)21/h5-8H,4,9-13H2,1-3H3,(H,22,25). The minimum Gasteiger partial charge on any atom is -0.350 e. The van der Waals surface area contributed by atoms with Gasteiger partial charge in [0.05, 0.1) is 5.56 Å². The van der Waals surface area contributed by atoms with E-state index < -0.39 is 11.7 Å². The molecule has 1 aliphatic heterocycles. The first-order chi connectivity index (χ1) is 11.6. The maximum Gasteiger partial charge on any atom is 0.416 e. The van der Waals surface area contributed by atoms with Crippen molar-refractivity contribution in [2.24, 2.45) is 0 Å². The minimum absolute atomic E-state index is 0.207. The summed E-state index contributed by atoms with van der Waals surface area (Å²) in [4.78, 5) is 16.9. The Bertz CT molecular complexity index is 576. The number of nitrogens with zero attached hydrogens (tertiary/aromatic N) is 2. The van der Waals surface area contributed by atoms with Crippen molar-refractivity contribution < 1.29 is 18.0 Å². The van der Waals surface area contributed by atoms with Gasteiger partial charge in [-0.3, -0.25) is 9.69 Å². The Hall–Kier alpha value is -1.60. The van der Waals surface area contributed by atoms with Gasteiger partial charge in [0.1, 0.15) is 0 Å². The number of piperazine rings is 1. The second kappa shape index (κ2) is 7.74. The van der Waals surface area contributed by atoms with Gasteiger partial charge in [0, 0.05) is 43.8 Å². The molecular weight excluding hydrogens is 331 g/mol. The molecule has 0 radical (unpaired) electrons. The predicted octanol–water partition coefficient (Wildman–Crippen LogP) is 2.85. The van der Waals surface area contributed by atoms with E-state index in [1.165, 1.54) is 12.1 Å². The predicted molar refractivity (Wildman–Crippen MR) is 91.5 cm³/mol. The van der Waals surface area contributed by atoms with Crippen molar-refractivity contribution >= 4 is 5.91 Å². The van der Waals surface area contributed by atoms with E-state index in [1.807, 2.05) is 0 Å². The molecule has 0 spiro atoms. The molecule has 140 valence electrons. The fourth-order valence-electron chi connectivity index (χ4n) is 2.99. The first kappa shape index (κ1) is 19.7. The van der Waals surface area contributed by atoms with Crippen LogP contribution in [0.2, 0.25) is 0 Å². The number of likely N-dealkylation sites (N-methyl/N-ethyl adjacent to an activating group) is 1. The van der Waals surface area contributed by atoms with Crippen LogP contribution in [0.15, 0.2) is 24.3 Å². The van der Waals surface area contributed by atoms with Crippen LogP contribution in [0.3, 0.4) is 0 Å². The topological polar surface area (TPSA) is 35.6 Å². The molecule has 7 heteroatoms. The smallest absolute Gasteiger partial charge is 0.350 e. The average Bonchev–Trinajstić information content (AvgIpc) is 2.59. The van der Waals surface area contributed by atoms with Crippen molar-refractivity contribution in [1.82, 2.24) is 15.1 Å². The Morgan fingerprint density at radius 2 is 1.64 bits per heavy atom. The Labute approximate surface area is 147 Å². The van der Waals surface area contributed by atoms with Gasteiger partial charge >= 0.3 is 6.18 Å². The second-order valence-corrected chi connectivity index (χ2v) is 6.99. The van der Waals surface area contributed by atoms with Gasteiger partial charge in [0.15, 0.2) is 0 Å². The van der Waals surface area contributed by atoms with Crippen LogP contribution in [0.25, 0.3) is 0 Å². The van der Waals surface area contributed by atoms with Gasteiger partial charge < -0.3 is 10.2 Å². The van der Waals surface area contributed by atoms with Gasteiger partial charge in [-0.05, 0) is 44.7 Å². The molecule has 4 nitrogen and oxygen atoms in total. The quantitative estimate of drug-likeness (QED) is 0.880. The number of nitrogens with one attached hydrogen (secondary N) is 1. The monoisotopic (exact) mass is 357 g/mol. The normalized spacial score (nSPS) is 17.5. The molecule has 1 aliphatic rings. The zero-order chi connectivity index (χ0) is 18.7. The Kier molecular flexibility index (Phi) is 6.11. The highest BCUT2D eigenvalue weighted by atomic mass is 19.4. The lowest BCUT2D eigenvalue weighted by Crippen LogP contribution is -2.58. The van der Waals surface area contributed by atoms with E-state index in [0.29, 0.717) is 6.54 Å². The van der Waals surface area contributed by atoms with E-state index >= 15 is 0 Å². The lowest BCUT2D eigenvalue weighted by atomic mass is 10.0. The largest absolute Gasteiger partial charge is 0.416 e. The number of hydrogen-bond donors (Lipinski definition) is 1. The maximum atomic E-state index is 12.6. The summed E-state index contributed by atoms with van der Waals surface area (Å²) in [5, 5.41) is 2.84. The summed E-state index contributed by atoms with van der Waals surface area (Å²) in [5.41, 5.74) is -0.723. The van der Waals surface area contributed by atoms with Crippen LogP contribution in [-0.4, -0.2) is 60.5 Å². The number of carbonyl (C=O) groups excluding carboxylic acids is 1. The van der Waals surface area contributed by atoms with E-state index in [-0.39, 0.29) is 17.0 Å². The number of rotatable bonds is 5. The Morgan fingerprint density at radius 3 is 2.12 bits per heavy atom. The van der Waals surface area contributed by atoms with E-state index in [4.69, 9.17) is 0 Å². The highest BCUT2D eigenvalue weighted by molar-refractivity contribution is 5.94. The first-order valence-electron chi connectivity index (χ1n) is 8.56. The summed E-state index contributed by atoms with van der Waals surface area (Å²) in [5.74, 6) is -0.353. The van der Waals surface area contributed by atoms with E-state index in [1.54, 1.807) is 0 Å². The van der Waals surface area contributed by atoms with Crippen LogP contribution in [-0.2, 0) is 6.18 Å². The Morgan fingerprint density at radius 1 is 1.08 bits per heavy atom. The molecule has 1 fully saturated rings. The van der Waals surface area contributed by atoms with Gasteiger partial charge in [-0.15, -0.1) is 0 Å². The molecule has 0 bridgehead atoms. The van der Waals surface area contributed by atoms with Crippen molar-refractivity contribution in [2.45, 2.75) is 32.5 Å². The molecule has 2 rings (SSSR count). The first-order valence-corrected chi connectivity index (χ1v) is 8.56. The van der Waals surface area contributed by atoms with Crippen molar-refractivity contribution in [1.29, 1.82) is 0 Å². The summed E-state index contributed by atoms with van der Waals surface area (Å²) in [6, 6.07) is 4.30. The van der Waals surface area contributed by atoms with E-state index in [9.17, 15) is 18.0 Å². The van der Waals surface area contributed by atoms with Gasteiger partial charge in [-0.2, -0.15) is 13.2 Å². The summed E-state index contributed by atoms with van der Waals surface area (Å²) in [6.45, 7) is 11.7. The summed E-state index contributed by atoms with van der Waals surface area (Å²) in [7, 11) is 0. The van der Waals surface area contributed by atoms with Gasteiger partial charge in [-0.1, -0.05) is 6.92 Å². The van der Waals surface area contributed by atoms with Crippen LogP contribution in [0, 0.1) is 0 Å². The molecule has 0 aliphatic carbocycles. The molecule has 0 atom stereocenters. The lowest BCUT2D eigenvalue weighted by Gasteiger charge is -2.44. The number of hydrogen-bond acceptors (Lipinski definition) is 3. The van der Waals surface area contributed by atoms with Crippen LogP contribution < -0.4 is 5.32 Å². The maximum absolute atomic E-state index is 12.6. The van der Waals surface area contributed by atoms with Crippen molar-refractivity contribution in [3.8, 4) is 0 Å². The molecule has 0 saturated carbocycles. The molecule has 1 saturated heterocycles. The van der Waals surface area contributed by atoms with Crippen molar-refractivity contribution in [2.75, 3.05) is 39.3 Å². The summed E-state index contributed by atoms with van der Waals surface area (Å²) >= 11 is 0. The van der Waals surface area contributed by atoms with E-state index in [2.05, 4.69) is 35.9 Å². The van der Waals surface area contributed by atoms with Gasteiger partial charge in [0.2, 0.25) is 0 Å². The van der Waals surface area contributed by atoms with Crippen LogP contribution >= 0.6 is 0 Å². The van der Waals surface area contributed by atoms with Crippen molar-refractivity contribution in [3.63, 3.8) is 0 Å². The molecule has 0 aromatic heterocycles. The van der Waals surface area contributed by atoms with Crippen LogP contribution in [0.5, 0.6) is 0 Å². The Balaban J connectivity index is 1.90. The highest BCUT2D eigenvalue weighted by Gasteiger charge is 2.31. The van der Waals surface area contributed by atoms with Crippen LogP contribution in [0.1, 0.15) is 36.7 Å². The molecule has 1 aromatic carbocycles. The number of halogens is 3. The number of benzene rings is 1. The molecule has 25 heavy (non-hydrogen) atoms. The third-order valence-electron chi connectivity index (χ3n) is 4.83. The molecule has 1 N–H and O–H groups in total. The molecule has 1 amide bonds. The van der Waals surface area contributed by atoms with Gasteiger partial charge in [0.25, 0.3) is 5.91 Å². The third-order valence-corrected chi connectivity index (χ3v) is 4.83. The fourth-order valence-corrected chi connectivity index (χ4v) is 2.99. The average molecular weight is 357 g/mol. The fraction of sp³-hybridized carbons (Fsp3) is 0.611. The zero-order valence-corrected chi connectivity index (χ0v) is 15.0. The number of alkyl halides is 3. The molecule has 0 unspecified atom stereocenters. The highest BCUT2D eigenvalue weighted by Crippen LogP contribution is 2.29. The van der Waals surface area contributed by atoms with Crippen LogP contribution in [0.4, 0.5) is 13.2 Å². The van der Waals surface area contributed by atoms with Crippen molar-refractivity contribution in [3.05, 3.63) is 35.4 Å². The minimum atomic E-state index is -4.39. The second-order valence-electron chi connectivity index (χ2n) is 6.99. The lowest BCUT2D eigenvalue weighted by molar-refractivity contribution is -0.137. The summed E-state index contributed by atoms with van der Waals surface area (Å²) < 4.78 is 37.7. The number of amides is 1. The van der Waals surface area contributed by atoms with E-state index in [0.717, 1.165) is 44.9 Å². The summed E-state index contributed by atoms with van der Waals surface area (Å²) in [6.07, 6.45) is -4.39. The number of carbonyl (C=O) groups is 1. The van der Waals surface area contributed by atoms with Gasteiger partial charge in [-0.25, -0.2) is 0 Å². The SMILES string of the molecule is CCN1CCN(C(C)(C)CNC(=O)c2ccc(C(F)(F)F)cc2)CC1. The molecule has 1 heterocycles. The molecular formula is C18H26F3N3O.